The molecule has 0 saturated carbocycles. The maximum Gasteiger partial charge on any atom is 0.335 e. The van der Waals surface area contributed by atoms with Crippen LogP contribution in [0.2, 0.25) is 0 Å². The number of anilines is 1. The first-order valence-electron chi connectivity index (χ1n) is 8.50. The largest absolute Gasteiger partial charge is 0.478 e. The first-order valence-corrected chi connectivity index (χ1v) is 9.99. The molecule has 2 aromatic carbocycles. The summed E-state index contributed by atoms with van der Waals surface area (Å²) in [5.74, 6) is -0.914. The van der Waals surface area contributed by atoms with E-state index < -0.39 is 16.0 Å². The molecule has 26 heavy (non-hydrogen) atoms. The fourth-order valence-corrected chi connectivity index (χ4v) is 4.32. The first-order chi connectivity index (χ1) is 12.4. The summed E-state index contributed by atoms with van der Waals surface area (Å²) < 4.78 is 27.6. The van der Waals surface area contributed by atoms with Gasteiger partial charge >= 0.3 is 5.97 Å². The van der Waals surface area contributed by atoms with Gasteiger partial charge in [-0.25, -0.2) is 17.9 Å². The van der Waals surface area contributed by atoms with Gasteiger partial charge in [0.05, 0.1) is 10.5 Å². The number of nitrogens with one attached hydrogen (secondary N) is 1. The van der Waals surface area contributed by atoms with E-state index in [1.807, 2.05) is 30.3 Å². The van der Waals surface area contributed by atoms with E-state index in [1.165, 1.54) is 18.2 Å². The molecule has 0 radical (unpaired) electrons. The van der Waals surface area contributed by atoms with E-state index in [1.54, 1.807) is 6.92 Å². The molecule has 0 bridgehead atoms. The molecular weight excluding hydrogens is 352 g/mol. The third-order valence-electron chi connectivity index (χ3n) is 4.72. The minimum Gasteiger partial charge on any atom is -0.478 e. The SMILES string of the molecule is Cc1ccc(S(=O)(=O)NCC2CCN(c3ccccc3)C2)cc1C(=O)O. The molecule has 3 rings (SSSR count). The summed E-state index contributed by atoms with van der Waals surface area (Å²) in [4.78, 5) is 13.4. The van der Waals surface area contributed by atoms with E-state index in [-0.39, 0.29) is 16.4 Å². The lowest BCUT2D eigenvalue weighted by molar-refractivity contribution is 0.0696. The van der Waals surface area contributed by atoms with Crippen molar-refractivity contribution in [2.75, 3.05) is 24.5 Å². The Morgan fingerprint density at radius 1 is 1.23 bits per heavy atom. The van der Waals surface area contributed by atoms with Gasteiger partial charge in [0.1, 0.15) is 0 Å². The predicted molar refractivity (Wildman–Crippen MR) is 100 cm³/mol. The van der Waals surface area contributed by atoms with Crippen LogP contribution in [0.1, 0.15) is 22.3 Å². The molecule has 138 valence electrons. The number of aryl methyl sites for hydroxylation is 1. The summed E-state index contributed by atoms with van der Waals surface area (Å²) in [6, 6.07) is 14.2. The van der Waals surface area contributed by atoms with E-state index in [2.05, 4.69) is 9.62 Å². The molecule has 0 amide bonds. The van der Waals surface area contributed by atoms with E-state index in [0.29, 0.717) is 12.1 Å². The van der Waals surface area contributed by atoms with Crippen molar-refractivity contribution in [2.24, 2.45) is 5.92 Å². The monoisotopic (exact) mass is 374 g/mol. The molecule has 1 fully saturated rings. The molecule has 0 aromatic heterocycles. The Bertz CT molecular complexity index is 897. The maximum absolute atomic E-state index is 12.5. The van der Waals surface area contributed by atoms with E-state index in [0.717, 1.165) is 25.2 Å². The third-order valence-corrected chi connectivity index (χ3v) is 6.14. The highest BCUT2D eigenvalue weighted by molar-refractivity contribution is 7.89. The van der Waals surface area contributed by atoms with Crippen LogP contribution in [0.3, 0.4) is 0 Å². The summed E-state index contributed by atoms with van der Waals surface area (Å²) in [6.45, 7) is 3.66. The van der Waals surface area contributed by atoms with Gasteiger partial charge < -0.3 is 10.0 Å². The molecule has 7 heteroatoms. The molecule has 1 unspecified atom stereocenters. The van der Waals surface area contributed by atoms with Crippen LogP contribution in [0.25, 0.3) is 0 Å². The van der Waals surface area contributed by atoms with Crippen molar-refractivity contribution in [3.05, 3.63) is 59.7 Å². The van der Waals surface area contributed by atoms with Crippen molar-refractivity contribution in [1.82, 2.24) is 4.72 Å². The van der Waals surface area contributed by atoms with Crippen LogP contribution in [0.15, 0.2) is 53.4 Å². The Balaban J connectivity index is 1.64. The molecular formula is C19H22N2O4S. The molecule has 0 aliphatic carbocycles. The normalized spacial score (nSPS) is 17.4. The Labute approximate surface area is 153 Å². The van der Waals surface area contributed by atoms with E-state index in [4.69, 9.17) is 0 Å². The molecule has 1 atom stereocenters. The minimum atomic E-state index is -3.73. The number of sulfonamides is 1. The van der Waals surface area contributed by atoms with Gasteiger partial charge in [0.2, 0.25) is 10.0 Å². The highest BCUT2D eigenvalue weighted by Gasteiger charge is 2.25. The lowest BCUT2D eigenvalue weighted by Gasteiger charge is -2.18. The average molecular weight is 374 g/mol. The second-order valence-electron chi connectivity index (χ2n) is 6.57. The highest BCUT2D eigenvalue weighted by atomic mass is 32.2. The van der Waals surface area contributed by atoms with Crippen LogP contribution >= 0.6 is 0 Å². The Morgan fingerprint density at radius 2 is 1.96 bits per heavy atom. The highest BCUT2D eigenvalue weighted by Crippen LogP contribution is 2.23. The maximum atomic E-state index is 12.5. The van der Waals surface area contributed by atoms with Crippen molar-refractivity contribution in [1.29, 1.82) is 0 Å². The van der Waals surface area contributed by atoms with Gasteiger partial charge in [-0.1, -0.05) is 24.3 Å². The smallest absolute Gasteiger partial charge is 0.335 e. The Kier molecular flexibility index (Phi) is 5.29. The van der Waals surface area contributed by atoms with Gasteiger partial charge in [0, 0.05) is 25.3 Å². The van der Waals surface area contributed by atoms with Crippen molar-refractivity contribution < 1.29 is 18.3 Å². The zero-order valence-corrected chi connectivity index (χ0v) is 15.4. The zero-order chi connectivity index (χ0) is 18.7. The van der Waals surface area contributed by atoms with Gasteiger partial charge in [-0.15, -0.1) is 0 Å². The number of benzene rings is 2. The number of para-hydroxylation sites is 1. The van der Waals surface area contributed by atoms with Gasteiger partial charge in [0.15, 0.2) is 0 Å². The lowest BCUT2D eigenvalue weighted by atomic mass is 10.1. The summed E-state index contributed by atoms with van der Waals surface area (Å²) in [5, 5.41) is 9.17. The Morgan fingerprint density at radius 3 is 2.65 bits per heavy atom. The second kappa shape index (κ2) is 7.47. The van der Waals surface area contributed by atoms with Gasteiger partial charge in [-0.05, 0) is 49.1 Å². The molecule has 0 spiro atoms. The molecule has 1 saturated heterocycles. The zero-order valence-electron chi connectivity index (χ0n) is 14.6. The van der Waals surface area contributed by atoms with Crippen molar-refractivity contribution in [3.8, 4) is 0 Å². The number of nitrogens with zero attached hydrogens (tertiary/aromatic N) is 1. The van der Waals surface area contributed by atoms with Crippen LogP contribution in [-0.2, 0) is 10.0 Å². The van der Waals surface area contributed by atoms with Crippen molar-refractivity contribution >= 4 is 21.7 Å². The predicted octanol–water partition coefficient (Wildman–Crippen LogP) is 2.50. The van der Waals surface area contributed by atoms with Crippen molar-refractivity contribution in [2.45, 2.75) is 18.2 Å². The summed E-state index contributed by atoms with van der Waals surface area (Å²) in [5.41, 5.74) is 1.68. The van der Waals surface area contributed by atoms with Crippen LogP contribution < -0.4 is 9.62 Å². The summed E-state index contributed by atoms with van der Waals surface area (Å²) >= 11 is 0. The number of carbonyl (C=O) groups is 1. The average Bonchev–Trinajstić information content (AvgIpc) is 3.10. The van der Waals surface area contributed by atoms with Gasteiger partial charge in [0.25, 0.3) is 0 Å². The number of carboxylic acid groups (broad SMARTS) is 1. The van der Waals surface area contributed by atoms with Crippen LogP contribution in [0.4, 0.5) is 5.69 Å². The number of hydrogen-bond donors (Lipinski definition) is 2. The fourth-order valence-electron chi connectivity index (χ4n) is 3.18. The molecule has 1 aliphatic rings. The summed E-state index contributed by atoms with van der Waals surface area (Å²) in [6.07, 6.45) is 0.908. The topological polar surface area (TPSA) is 86.7 Å². The molecule has 2 aromatic rings. The molecule has 1 aliphatic heterocycles. The van der Waals surface area contributed by atoms with Crippen LogP contribution in [0, 0.1) is 12.8 Å². The minimum absolute atomic E-state index is 0.00370. The lowest BCUT2D eigenvalue weighted by Crippen LogP contribution is -2.31. The molecule has 1 heterocycles. The van der Waals surface area contributed by atoms with Gasteiger partial charge in [-0.3, -0.25) is 0 Å². The molecule has 6 nitrogen and oxygen atoms in total. The quantitative estimate of drug-likeness (QED) is 0.811. The fraction of sp³-hybridized carbons (Fsp3) is 0.316. The third kappa shape index (κ3) is 4.05. The standard InChI is InChI=1S/C19H22N2O4S/c1-14-7-8-17(11-18(14)19(22)23)26(24,25)20-12-15-9-10-21(13-15)16-5-3-2-4-6-16/h2-8,11,15,20H,9-10,12-13H2,1H3,(H,22,23). The summed E-state index contributed by atoms with van der Waals surface area (Å²) in [7, 11) is -3.73. The van der Waals surface area contributed by atoms with E-state index >= 15 is 0 Å². The van der Waals surface area contributed by atoms with Crippen molar-refractivity contribution in [3.63, 3.8) is 0 Å². The Hall–Kier alpha value is -2.38. The first kappa shape index (κ1) is 18.4. The number of hydrogen-bond acceptors (Lipinski definition) is 4. The number of rotatable bonds is 6. The second-order valence-corrected chi connectivity index (χ2v) is 8.34. The van der Waals surface area contributed by atoms with E-state index in [9.17, 15) is 18.3 Å². The van der Waals surface area contributed by atoms with Gasteiger partial charge in [-0.2, -0.15) is 0 Å². The molecule has 2 N–H and O–H groups in total. The number of carboxylic acids is 1. The number of aromatic carboxylic acids is 1. The van der Waals surface area contributed by atoms with Crippen LogP contribution in [-0.4, -0.2) is 39.1 Å². The van der Waals surface area contributed by atoms with Crippen LogP contribution in [0.5, 0.6) is 0 Å².